The third kappa shape index (κ3) is 3.04. The number of ketones is 1. The summed E-state index contributed by atoms with van der Waals surface area (Å²) in [6, 6.07) is 0. The maximum atomic E-state index is 11.6. The number of aryl methyl sites for hydroxylation is 1. The number of aromatic nitrogens is 2. The van der Waals surface area contributed by atoms with Gasteiger partial charge in [-0.3, -0.25) is 9.48 Å². The first-order valence-electron chi connectivity index (χ1n) is 4.27. The zero-order chi connectivity index (χ0) is 11.6. The van der Waals surface area contributed by atoms with Crippen LogP contribution in [0, 0.1) is 0 Å². The predicted molar refractivity (Wildman–Crippen MR) is 57.0 cm³/mol. The number of rotatable bonds is 4. The molecule has 0 aromatic carbocycles. The van der Waals surface area contributed by atoms with E-state index in [0.717, 1.165) is 6.26 Å². The highest BCUT2D eigenvalue weighted by Crippen LogP contribution is 2.16. The second kappa shape index (κ2) is 4.32. The third-order valence-corrected chi connectivity index (χ3v) is 2.81. The standard InChI is InChI=1S/C8H11ClN2O3S/c1-3-11-8(6(9)4-10-11)7(12)5-15(2,13)14/h4H,3,5H2,1-2H3. The number of carbonyl (C=O) groups is 1. The Kier molecular flexibility index (Phi) is 3.51. The molecule has 15 heavy (non-hydrogen) atoms. The lowest BCUT2D eigenvalue weighted by molar-refractivity contribution is 0.101. The molecule has 0 aliphatic rings. The van der Waals surface area contributed by atoms with Crippen LogP contribution in [0.1, 0.15) is 17.4 Å². The molecule has 7 heteroatoms. The highest BCUT2D eigenvalue weighted by Gasteiger charge is 2.20. The molecule has 0 atom stereocenters. The van der Waals surface area contributed by atoms with E-state index in [1.54, 1.807) is 6.92 Å². The lowest BCUT2D eigenvalue weighted by Crippen LogP contribution is -2.18. The lowest BCUT2D eigenvalue weighted by Gasteiger charge is -2.03. The van der Waals surface area contributed by atoms with Crippen LogP contribution in [0.25, 0.3) is 0 Å². The Balaban J connectivity index is 3.05. The van der Waals surface area contributed by atoms with Crippen molar-refractivity contribution in [2.75, 3.05) is 12.0 Å². The number of carbonyl (C=O) groups excluding carboxylic acids is 1. The first-order chi connectivity index (χ1) is 6.85. The van der Waals surface area contributed by atoms with Crippen molar-refractivity contribution in [2.45, 2.75) is 13.5 Å². The van der Waals surface area contributed by atoms with Gasteiger partial charge in [0, 0.05) is 12.8 Å². The van der Waals surface area contributed by atoms with Gasteiger partial charge < -0.3 is 0 Å². The molecular formula is C8H11ClN2O3S. The molecule has 0 aliphatic heterocycles. The minimum Gasteiger partial charge on any atom is -0.291 e. The summed E-state index contributed by atoms with van der Waals surface area (Å²) in [6.07, 6.45) is 2.34. The molecule has 0 amide bonds. The van der Waals surface area contributed by atoms with E-state index in [-0.39, 0.29) is 10.7 Å². The summed E-state index contributed by atoms with van der Waals surface area (Å²) in [5.41, 5.74) is 0.157. The van der Waals surface area contributed by atoms with Crippen LogP contribution in [0.3, 0.4) is 0 Å². The van der Waals surface area contributed by atoms with E-state index in [9.17, 15) is 13.2 Å². The molecule has 0 saturated carbocycles. The maximum absolute atomic E-state index is 11.6. The summed E-state index contributed by atoms with van der Waals surface area (Å²) in [7, 11) is -3.34. The number of hydrogen-bond acceptors (Lipinski definition) is 4. The molecule has 0 radical (unpaired) electrons. The van der Waals surface area contributed by atoms with Crippen molar-refractivity contribution in [3.8, 4) is 0 Å². The van der Waals surface area contributed by atoms with E-state index in [4.69, 9.17) is 11.6 Å². The van der Waals surface area contributed by atoms with Crippen molar-refractivity contribution in [1.82, 2.24) is 9.78 Å². The first-order valence-corrected chi connectivity index (χ1v) is 6.71. The average molecular weight is 251 g/mol. The largest absolute Gasteiger partial charge is 0.291 e. The van der Waals surface area contributed by atoms with Crippen molar-refractivity contribution >= 4 is 27.2 Å². The zero-order valence-electron chi connectivity index (χ0n) is 8.40. The van der Waals surface area contributed by atoms with Gasteiger partial charge in [-0.1, -0.05) is 11.6 Å². The van der Waals surface area contributed by atoms with Gasteiger partial charge in [0.2, 0.25) is 0 Å². The van der Waals surface area contributed by atoms with Crippen LogP contribution < -0.4 is 0 Å². The number of nitrogens with zero attached hydrogens (tertiary/aromatic N) is 2. The molecular weight excluding hydrogens is 240 g/mol. The maximum Gasteiger partial charge on any atom is 0.197 e. The summed E-state index contributed by atoms with van der Waals surface area (Å²) in [4.78, 5) is 11.6. The van der Waals surface area contributed by atoms with Gasteiger partial charge in [-0.15, -0.1) is 0 Å². The Morgan fingerprint density at radius 2 is 2.20 bits per heavy atom. The van der Waals surface area contributed by atoms with E-state index in [2.05, 4.69) is 5.10 Å². The second-order valence-corrected chi connectivity index (χ2v) is 5.70. The molecule has 1 rings (SSSR count). The van der Waals surface area contributed by atoms with Gasteiger partial charge in [0.15, 0.2) is 15.6 Å². The molecule has 0 aliphatic carbocycles. The first kappa shape index (κ1) is 12.2. The van der Waals surface area contributed by atoms with Crippen LogP contribution in [-0.2, 0) is 16.4 Å². The fourth-order valence-corrected chi connectivity index (χ4v) is 2.05. The van der Waals surface area contributed by atoms with Crippen LogP contribution in [0.2, 0.25) is 5.02 Å². The fourth-order valence-electron chi connectivity index (χ4n) is 1.19. The average Bonchev–Trinajstić information content (AvgIpc) is 2.43. The Hall–Kier alpha value is -0.880. The second-order valence-electron chi connectivity index (χ2n) is 3.15. The molecule has 1 heterocycles. The van der Waals surface area contributed by atoms with Crippen LogP contribution >= 0.6 is 11.6 Å². The summed E-state index contributed by atoms with van der Waals surface area (Å²) in [5.74, 6) is -1.07. The van der Waals surface area contributed by atoms with Gasteiger partial charge in [-0.25, -0.2) is 8.42 Å². The molecule has 0 saturated heterocycles. The summed E-state index contributed by atoms with van der Waals surface area (Å²) >= 11 is 5.75. The van der Waals surface area contributed by atoms with E-state index >= 15 is 0 Å². The lowest BCUT2D eigenvalue weighted by atomic mass is 10.3. The van der Waals surface area contributed by atoms with Gasteiger partial charge in [-0.2, -0.15) is 5.10 Å². The molecule has 0 fully saturated rings. The number of sulfone groups is 1. The monoisotopic (exact) mass is 250 g/mol. The Morgan fingerprint density at radius 1 is 1.60 bits per heavy atom. The van der Waals surface area contributed by atoms with Gasteiger partial charge in [0.25, 0.3) is 0 Å². The van der Waals surface area contributed by atoms with Crippen molar-refractivity contribution < 1.29 is 13.2 Å². The Bertz CT molecular complexity index is 478. The Labute approximate surface area is 93.0 Å². The van der Waals surface area contributed by atoms with Gasteiger partial charge in [0.05, 0.1) is 11.2 Å². The quantitative estimate of drug-likeness (QED) is 0.741. The smallest absolute Gasteiger partial charge is 0.197 e. The highest BCUT2D eigenvalue weighted by atomic mass is 35.5. The molecule has 1 aromatic rings. The van der Waals surface area contributed by atoms with Crippen LogP contribution in [-0.4, -0.2) is 36.0 Å². The Morgan fingerprint density at radius 3 is 2.67 bits per heavy atom. The SMILES string of the molecule is CCn1ncc(Cl)c1C(=O)CS(C)(=O)=O. The van der Waals surface area contributed by atoms with Gasteiger partial charge in [0.1, 0.15) is 11.4 Å². The minimum atomic E-state index is -3.34. The fraction of sp³-hybridized carbons (Fsp3) is 0.500. The van der Waals surface area contributed by atoms with E-state index < -0.39 is 21.4 Å². The summed E-state index contributed by atoms with van der Waals surface area (Å²) < 4.78 is 23.3. The van der Waals surface area contributed by atoms with E-state index in [1.807, 2.05) is 0 Å². The zero-order valence-corrected chi connectivity index (χ0v) is 9.97. The van der Waals surface area contributed by atoms with Gasteiger partial charge in [-0.05, 0) is 6.92 Å². The topological polar surface area (TPSA) is 69.0 Å². The number of hydrogen-bond donors (Lipinski definition) is 0. The molecule has 0 bridgehead atoms. The van der Waals surface area contributed by atoms with Crippen LogP contribution in [0.15, 0.2) is 6.20 Å². The molecule has 0 N–H and O–H groups in total. The van der Waals surface area contributed by atoms with Crippen LogP contribution in [0.4, 0.5) is 0 Å². The third-order valence-electron chi connectivity index (χ3n) is 1.75. The molecule has 1 aromatic heterocycles. The van der Waals surface area contributed by atoms with Crippen molar-refractivity contribution in [2.24, 2.45) is 0 Å². The predicted octanol–water partition coefficient (Wildman–Crippen LogP) is 0.784. The molecule has 5 nitrogen and oxygen atoms in total. The highest BCUT2D eigenvalue weighted by molar-refractivity contribution is 7.91. The van der Waals surface area contributed by atoms with Crippen molar-refractivity contribution in [1.29, 1.82) is 0 Å². The summed E-state index contributed by atoms with van der Waals surface area (Å²) in [5, 5.41) is 4.04. The number of halogens is 1. The van der Waals surface area contributed by atoms with Crippen LogP contribution in [0.5, 0.6) is 0 Å². The minimum absolute atomic E-state index is 0.157. The van der Waals surface area contributed by atoms with E-state index in [1.165, 1.54) is 10.9 Å². The number of Topliss-reactive ketones (excluding diaryl/α,β-unsaturated/α-hetero) is 1. The van der Waals surface area contributed by atoms with Crippen molar-refractivity contribution in [3.63, 3.8) is 0 Å². The normalized spacial score (nSPS) is 11.7. The molecule has 84 valence electrons. The molecule has 0 unspecified atom stereocenters. The van der Waals surface area contributed by atoms with E-state index in [0.29, 0.717) is 6.54 Å². The van der Waals surface area contributed by atoms with Gasteiger partial charge >= 0.3 is 0 Å². The molecule has 0 spiro atoms. The summed E-state index contributed by atoms with van der Waals surface area (Å²) in [6.45, 7) is 2.26. The van der Waals surface area contributed by atoms with Crippen molar-refractivity contribution in [3.05, 3.63) is 16.9 Å².